The predicted octanol–water partition coefficient (Wildman–Crippen LogP) is 2.09. The highest BCUT2D eigenvalue weighted by Crippen LogP contribution is 2.37. The molecule has 0 fully saturated rings. The van der Waals surface area contributed by atoms with Crippen molar-refractivity contribution < 1.29 is 24.1 Å². The van der Waals surface area contributed by atoms with Gasteiger partial charge >= 0.3 is 5.97 Å². The number of H-pyrrole nitrogens is 2. The van der Waals surface area contributed by atoms with Crippen LogP contribution in [-0.2, 0) is 22.5 Å². The molecular weight excluding hydrogens is 468 g/mol. The predicted molar refractivity (Wildman–Crippen MR) is 129 cm³/mol. The van der Waals surface area contributed by atoms with Crippen molar-refractivity contribution in [2.45, 2.75) is 32.2 Å². The zero-order valence-corrected chi connectivity index (χ0v) is 19.7. The first-order chi connectivity index (χ1) is 17.4. The number of ether oxygens (including phenoxy) is 3. The normalized spacial score (nSPS) is 13.2. The van der Waals surface area contributed by atoms with Crippen LogP contribution < -0.4 is 20.6 Å². The van der Waals surface area contributed by atoms with Crippen LogP contribution >= 0.6 is 0 Å². The van der Waals surface area contributed by atoms with Crippen LogP contribution in [0, 0.1) is 6.92 Å². The molecule has 3 N–H and O–H groups in total. The summed E-state index contributed by atoms with van der Waals surface area (Å²) in [6.07, 6.45) is 3.40. The summed E-state index contributed by atoms with van der Waals surface area (Å²) < 4.78 is 17.2. The number of benzene rings is 1. The van der Waals surface area contributed by atoms with E-state index in [1.807, 2.05) is 0 Å². The summed E-state index contributed by atoms with van der Waals surface area (Å²) in [5.74, 6) is -0.955. The number of rotatable bonds is 7. The molecule has 186 valence electrons. The van der Waals surface area contributed by atoms with Gasteiger partial charge in [0.2, 0.25) is 6.79 Å². The molecule has 5 rings (SSSR count). The van der Waals surface area contributed by atoms with E-state index < -0.39 is 23.0 Å². The lowest BCUT2D eigenvalue weighted by Gasteiger charge is -2.20. The lowest BCUT2D eigenvalue weighted by molar-refractivity contribution is -0.140. The van der Waals surface area contributed by atoms with Gasteiger partial charge in [-0.1, -0.05) is 0 Å². The summed E-state index contributed by atoms with van der Waals surface area (Å²) in [5.41, 5.74) is 0.980. The molecule has 0 saturated heterocycles. The smallest absolute Gasteiger partial charge is 0.306 e. The zero-order valence-electron chi connectivity index (χ0n) is 19.7. The number of carbonyl (C=O) groups is 1. The van der Waals surface area contributed by atoms with E-state index in [0.29, 0.717) is 41.1 Å². The van der Waals surface area contributed by atoms with E-state index in [4.69, 9.17) is 14.2 Å². The van der Waals surface area contributed by atoms with Crippen molar-refractivity contribution >= 4 is 16.9 Å². The number of aryl methyl sites for hydroxylation is 2. The molecule has 1 aliphatic rings. The number of aromatic nitrogens is 4. The van der Waals surface area contributed by atoms with Gasteiger partial charge in [0.05, 0.1) is 30.9 Å². The minimum absolute atomic E-state index is 0.0544. The molecule has 1 aliphatic heterocycles. The van der Waals surface area contributed by atoms with E-state index in [0.717, 1.165) is 5.69 Å². The Morgan fingerprint density at radius 1 is 1.22 bits per heavy atom. The molecular formula is C25H24N4O7. The highest BCUT2D eigenvalue weighted by molar-refractivity contribution is 5.84. The van der Waals surface area contributed by atoms with Gasteiger partial charge in [0.15, 0.2) is 11.5 Å². The molecule has 0 spiro atoms. The third-order valence-electron chi connectivity index (χ3n) is 6.37. The molecule has 1 aromatic carbocycles. The fourth-order valence-electron chi connectivity index (χ4n) is 4.52. The van der Waals surface area contributed by atoms with Crippen LogP contribution in [0.2, 0.25) is 0 Å². The van der Waals surface area contributed by atoms with Gasteiger partial charge in [-0.05, 0) is 25.1 Å². The van der Waals surface area contributed by atoms with Crippen molar-refractivity contribution in [3.8, 4) is 17.2 Å². The second-order valence-corrected chi connectivity index (χ2v) is 8.55. The Balaban J connectivity index is 1.65. The first-order valence-electron chi connectivity index (χ1n) is 11.3. The average Bonchev–Trinajstić information content (AvgIpc) is 3.53. The van der Waals surface area contributed by atoms with E-state index >= 15 is 0 Å². The number of esters is 1. The van der Waals surface area contributed by atoms with E-state index in [9.17, 15) is 19.5 Å². The fourth-order valence-corrected chi connectivity index (χ4v) is 4.52. The van der Waals surface area contributed by atoms with Crippen LogP contribution in [0.4, 0.5) is 0 Å². The van der Waals surface area contributed by atoms with E-state index in [1.54, 1.807) is 37.6 Å². The molecule has 0 amide bonds. The summed E-state index contributed by atoms with van der Waals surface area (Å²) in [4.78, 5) is 49.0. The summed E-state index contributed by atoms with van der Waals surface area (Å²) in [7, 11) is 1.22. The third kappa shape index (κ3) is 4.19. The van der Waals surface area contributed by atoms with E-state index in [1.165, 1.54) is 17.7 Å². The monoisotopic (exact) mass is 492 g/mol. The lowest BCUT2D eigenvalue weighted by atomic mass is 9.88. The molecule has 3 aromatic heterocycles. The van der Waals surface area contributed by atoms with Gasteiger partial charge in [-0.15, -0.1) is 0 Å². The van der Waals surface area contributed by atoms with Crippen molar-refractivity contribution in [1.29, 1.82) is 0 Å². The molecule has 4 aromatic rings. The van der Waals surface area contributed by atoms with Gasteiger partial charge in [0, 0.05) is 53.5 Å². The number of carbonyl (C=O) groups excluding carboxylic acids is 1. The molecule has 4 heterocycles. The molecule has 0 saturated carbocycles. The number of aromatic hydroxyl groups is 1. The quantitative estimate of drug-likeness (QED) is 0.332. The number of methoxy groups -OCH3 is 1. The molecule has 36 heavy (non-hydrogen) atoms. The van der Waals surface area contributed by atoms with Crippen molar-refractivity contribution in [3.05, 3.63) is 80.0 Å². The minimum Gasteiger partial charge on any atom is -0.507 e. The fraction of sp³-hybridized carbons (Fsp3) is 0.280. The first kappa shape index (κ1) is 23.2. The number of hydrogen-bond acceptors (Lipinski definition) is 8. The maximum Gasteiger partial charge on any atom is 0.306 e. The molecule has 11 nitrogen and oxygen atoms in total. The van der Waals surface area contributed by atoms with Crippen LogP contribution in [0.5, 0.6) is 17.2 Å². The third-order valence-corrected chi connectivity index (χ3v) is 6.37. The van der Waals surface area contributed by atoms with Crippen molar-refractivity contribution in [2.24, 2.45) is 0 Å². The van der Waals surface area contributed by atoms with Crippen LogP contribution in [0.25, 0.3) is 10.9 Å². The molecule has 0 radical (unpaired) electrons. The number of fused-ring (bicyclic) bond motifs is 2. The molecule has 0 unspecified atom stereocenters. The van der Waals surface area contributed by atoms with E-state index in [-0.39, 0.29) is 30.1 Å². The van der Waals surface area contributed by atoms with Gasteiger partial charge in [0.1, 0.15) is 5.75 Å². The Morgan fingerprint density at radius 2 is 2.00 bits per heavy atom. The van der Waals surface area contributed by atoms with Gasteiger partial charge in [0.25, 0.3) is 11.1 Å². The number of aromatic amines is 2. The largest absolute Gasteiger partial charge is 0.507 e. The standard InChI is InChI=1S/C25H24N4O7/c1-13-5-19(30)23(25(33)29(13)4-3-15-10-26-11-27-15)16(8-22(31)34-2)17-6-14-7-20-21(36-12-35-20)9-18(14)28-24(17)32/h5-7,9-11,16,30H,3-4,8,12H2,1-2H3,(H,26,27)(H,28,32)/t16-/m0/s1. The number of nitrogens with one attached hydrogen (secondary N) is 2. The SMILES string of the molecule is COC(=O)C[C@@H](c1cc2cc3c(cc2[nH]c1=O)OCO3)c1c(O)cc(C)n(CCc2cnc[nH]2)c1=O. The first-order valence-corrected chi connectivity index (χ1v) is 11.3. The minimum atomic E-state index is -1.05. The number of nitrogens with zero attached hydrogens (tertiary/aromatic N) is 2. The Kier molecular flexibility index (Phi) is 5.96. The summed E-state index contributed by atoms with van der Waals surface area (Å²) >= 11 is 0. The molecule has 0 aliphatic carbocycles. The molecule has 1 atom stereocenters. The lowest BCUT2D eigenvalue weighted by Crippen LogP contribution is -2.31. The van der Waals surface area contributed by atoms with Gasteiger partial charge in [-0.25, -0.2) is 4.98 Å². The number of hydrogen-bond donors (Lipinski definition) is 3. The van der Waals surface area contributed by atoms with Crippen molar-refractivity contribution in [2.75, 3.05) is 13.9 Å². The van der Waals surface area contributed by atoms with Crippen LogP contribution in [0.1, 0.15) is 34.9 Å². The van der Waals surface area contributed by atoms with Gasteiger partial charge in [-0.3, -0.25) is 14.4 Å². The maximum absolute atomic E-state index is 13.7. The second-order valence-electron chi connectivity index (χ2n) is 8.55. The van der Waals surface area contributed by atoms with E-state index in [2.05, 4.69) is 15.0 Å². The Morgan fingerprint density at radius 3 is 2.72 bits per heavy atom. The van der Waals surface area contributed by atoms with Crippen LogP contribution in [0.15, 0.2) is 46.4 Å². The van der Waals surface area contributed by atoms with Crippen molar-refractivity contribution in [1.82, 2.24) is 19.5 Å². The second kappa shape index (κ2) is 9.25. The highest BCUT2D eigenvalue weighted by Gasteiger charge is 2.29. The highest BCUT2D eigenvalue weighted by atomic mass is 16.7. The number of imidazole rings is 1. The van der Waals surface area contributed by atoms with Crippen LogP contribution in [-0.4, -0.2) is 44.5 Å². The molecule has 11 heteroatoms. The van der Waals surface area contributed by atoms with Gasteiger partial charge < -0.3 is 33.9 Å². The Bertz CT molecular complexity index is 1570. The van der Waals surface area contributed by atoms with Crippen molar-refractivity contribution in [3.63, 3.8) is 0 Å². The summed E-state index contributed by atoms with van der Waals surface area (Å²) in [5, 5.41) is 11.5. The van der Waals surface area contributed by atoms with Gasteiger partial charge in [-0.2, -0.15) is 0 Å². The zero-order chi connectivity index (χ0) is 25.4. The Hall–Kier alpha value is -4.54. The topological polar surface area (TPSA) is 149 Å². The van der Waals surface area contributed by atoms with Crippen LogP contribution in [0.3, 0.4) is 0 Å². The average molecular weight is 492 g/mol. The summed E-state index contributed by atoms with van der Waals surface area (Å²) in [6.45, 7) is 2.09. The maximum atomic E-state index is 13.7. The number of pyridine rings is 2. The Labute approximate surface area is 204 Å². The molecule has 0 bridgehead atoms. The summed E-state index contributed by atoms with van der Waals surface area (Å²) in [6, 6.07) is 6.42.